The number of fused-ring (bicyclic) bond motifs is 1. The third-order valence-electron chi connectivity index (χ3n) is 4.02. The summed E-state index contributed by atoms with van der Waals surface area (Å²) in [5, 5.41) is 13.7. The molecule has 3 rings (SSSR count). The zero-order chi connectivity index (χ0) is 18.0. The number of hydrogen-bond donors (Lipinski definition) is 1. The first kappa shape index (κ1) is 16.8. The second-order valence-electron chi connectivity index (χ2n) is 5.80. The van der Waals surface area contributed by atoms with Crippen molar-refractivity contribution in [3.05, 3.63) is 70.4 Å². The summed E-state index contributed by atoms with van der Waals surface area (Å²) in [6.07, 6.45) is 3.51. The highest BCUT2D eigenvalue weighted by atomic mass is 35.5. The zero-order valence-corrected chi connectivity index (χ0v) is 14.6. The smallest absolute Gasteiger partial charge is 0.266 e. The molecule has 2 aromatic carbocycles. The molecule has 0 spiro atoms. The van der Waals surface area contributed by atoms with Gasteiger partial charge in [-0.3, -0.25) is 4.79 Å². The lowest BCUT2D eigenvalue weighted by atomic mass is 10.1. The second kappa shape index (κ2) is 6.84. The molecule has 5 heteroatoms. The maximum absolute atomic E-state index is 12.4. The van der Waals surface area contributed by atoms with Crippen molar-refractivity contribution in [2.45, 2.75) is 6.92 Å². The Morgan fingerprint density at radius 2 is 2.04 bits per heavy atom. The predicted molar refractivity (Wildman–Crippen MR) is 101 cm³/mol. The van der Waals surface area contributed by atoms with Crippen molar-refractivity contribution in [1.29, 1.82) is 5.26 Å². The summed E-state index contributed by atoms with van der Waals surface area (Å²) in [5.41, 5.74) is 3.38. The molecule has 0 saturated carbocycles. The molecule has 25 heavy (non-hydrogen) atoms. The minimum atomic E-state index is -0.463. The van der Waals surface area contributed by atoms with Gasteiger partial charge in [-0.05, 0) is 36.8 Å². The van der Waals surface area contributed by atoms with Crippen LogP contribution < -0.4 is 5.32 Å². The largest absolute Gasteiger partial charge is 0.350 e. The highest BCUT2D eigenvalue weighted by Gasteiger charge is 2.12. The van der Waals surface area contributed by atoms with E-state index in [1.807, 2.05) is 61.1 Å². The number of carbonyl (C=O) groups excluding carboxylic acids is 1. The first-order valence-electron chi connectivity index (χ1n) is 7.73. The molecule has 1 amide bonds. The van der Waals surface area contributed by atoms with Crippen molar-refractivity contribution in [3.8, 4) is 6.07 Å². The SMILES string of the molecule is Cc1ccc(NC(=O)/C(C#N)=C\c2cn(C)c3ccccc23)cc1Cl. The molecule has 124 valence electrons. The van der Waals surface area contributed by atoms with Crippen LogP contribution in [0, 0.1) is 18.3 Å². The lowest BCUT2D eigenvalue weighted by Gasteiger charge is -2.06. The summed E-state index contributed by atoms with van der Waals surface area (Å²) >= 11 is 6.07. The average molecular weight is 350 g/mol. The quantitative estimate of drug-likeness (QED) is 0.551. The second-order valence-corrected chi connectivity index (χ2v) is 6.21. The van der Waals surface area contributed by atoms with Gasteiger partial charge in [0.2, 0.25) is 0 Å². The van der Waals surface area contributed by atoms with Crippen LogP contribution in [0.3, 0.4) is 0 Å². The van der Waals surface area contributed by atoms with E-state index in [0.29, 0.717) is 10.7 Å². The van der Waals surface area contributed by atoms with Gasteiger partial charge < -0.3 is 9.88 Å². The maximum atomic E-state index is 12.4. The summed E-state index contributed by atoms with van der Waals surface area (Å²) in [4.78, 5) is 12.4. The Balaban J connectivity index is 1.93. The fourth-order valence-corrected chi connectivity index (χ4v) is 2.84. The fourth-order valence-electron chi connectivity index (χ4n) is 2.66. The molecule has 1 aromatic heterocycles. The fraction of sp³-hybridized carbons (Fsp3) is 0.100. The van der Waals surface area contributed by atoms with E-state index in [1.165, 1.54) is 0 Å². The van der Waals surface area contributed by atoms with Crippen molar-refractivity contribution in [1.82, 2.24) is 4.57 Å². The van der Waals surface area contributed by atoms with Gasteiger partial charge in [0, 0.05) is 40.4 Å². The van der Waals surface area contributed by atoms with Gasteiger partial charge in [0.15, 0.2) is 0 Å². The topological polar surface area (TPSA) is 57.8 Å². The Labute approximate surface area is 150 Å². The van der Waals surface area contributed by atoms with Crippen LogP contribution in [0.2, 0.25) is 5.02 Å². The van der Waals surface area contributed by atoms with Crippen molar-refractivity contribution in [2.75, 3.05) is 5.32 Å². The summed E-state index contributed by atoms with van der Waals surface area (Å²) in [6.45, 7) is 1.88. The van der Waals surface area contributed by atoms with Crippen LogP contribution in [0.5, 0.6) is 0 Å². The highest BCUT2D eigenvalue weighted by Crippen LogP contribution is 2.24. The summed E-state index contributed by atoms with van der Waals surface area (Å²) < 4.78 is 1.97. The van der Waals surface area contributed by atoms with E-state index in [4.69, 9.17) is 11.6 Å². The molecule has 0 bridgehead atoms. The molecule has 0 unspecified atom stereocenters. The van der Waals surface area contributed by atoms with E-state index in [1.54, 1.807) is 18.2 Å². The van der Waals surface area contributed by atoms with Crippen LogP contribution in [0.15, 0.2) is 54.2 Å². The standard InChI is InChI=1S/C20H16ClN3O/c1-13-7-8-16(10-18(13)21)23-20(25)14(11-22)9-15-12-24(2)19-6-4-3-5-17(15)19/h3-10,12H,1-2H3,(H,23,25)/b14-9-. The Hall–Kier alpha value is -3.03. The first-order valence-corrected chi connectivity index (χ1v) is 8.11. The maximum Gasteiger partial charge on any atom is 0.266 e. The number of halogens is 1. The van der Waals surface area contributed by atoms with Crippen LogP contribution >= 0.6 is 11.6 Å². The molecule has 0 radical (unpaired) electrons. The lowest BCUT2D eigenvalue weighted by Crippen LogP contribution is -2.13. The van der Waals surface area contributed by atoms with E-state index in [2.05, 4.69) is 5.32 Å². The molecule has 0 aliphatic carbocycles. The minimum absolute atomic E-state index is 0.0352. The monoisotopic (exact) mass is 349 g/mol. The Kier molecular flexibility index (Phi) is 4.60. The molecule has 3 aromatic rings. The molecule has 1 heterocycles. The van der Waals surface area contributed by atoms with Crippen LogP contribution in [-0.2, 0) is 11.8 Å². The lowest BCUT2D eigenvalue weighted by molar-refractivity contribution is -0.112. The number of rotatable bonds is 3. The number of carbonyl (C=O) groups is 1. The number of benzene rings is 2. The molecular formula is C20H16ClN3O. The Bertz CT molecular complexity index is 1040. The number of nitriles is 1. The third-order valence-corrected chi connectivity index (χ3v) is 4.43. The number of para-hydroxylation sites is 1. The normalized spacial score (nSPS) is 11.4. The van der Waals surface area contributed by atoms with Gasteiger partial charge in [0.25, 0.3) is 5.91 Å². The number of anilines is 1. The van der Waals surface area contributed by atoms with Gasteiger partial charge in [-0.2, -0.15) is 5.26 Å². The number of aromatic nitrogens is 1. The van der Waals surface area contributed by atoms with E-state index in [0.717, 1.165) is 22.0 Å². The number of aryl methyl sites for hydroxylation is 2. The van der Waals surface area contributed by atoms with E-state index in [9.17, 15) is 10.1 Å². The van der Waals surface area contributed by atoms with Gasteiger partial charge in [0.05, 0.1) is 0 Å². The van der Waals surface area contributed by atoms with Crippen molar-refractivity contribution in [2.24, 2.45) is 7.05 Å². The first-order chi connectivity index (χ1) is 12.0. The Morgan fingerprint density at radius 1 is 1.28 bits per heavy atom. The summed E-state index contributed by atoms with van der Waals surface area (Å²) in [6, 6.07) is 15.1. The number of nitrogens with one attached hydrogen (secondary N) is 1. The number of amides is 1. The predicted octanol–water partition coefficient (Wildman–Crippen LogP) is 4.69. The van der Waals surface area contributed by atoms with Crippen molar-refractivity contribution >= 4 is 40.2 Å². The van der Waals surface area contributed by atoms with Gasteiger partial charge in [-0.25, -0.2) is 0 Å². The molecule has 0 aliphatic rings. The number of nitrogens with zero attached hydrogens (tertiary/aromatic N) is 2. The van der Waals surface area contributed by atoms with E-state index < -0.39 is 5.91 Å². The molecule has 0 saturated heterocycles. The molecule has 0 aliphatic heterocycles. The van der Waals surface area contributed by atoms with E-state index in [-0.39, 0.29) is 5.57 Å². The Morgan fingerprint density at radius 3 is 2.76 bits per heavy atom. The van der Waals surface area contributed by atoms with Crippen molar-refractivity contribution < 1.29 is 4.79 Å². The van der Waals surface area contributed by atoms with Gasteiger partial charge in [0.1, 0.15) is 11.6 Å². The molecule has 1 N–H and O–H groups in total. The van der Waals surface area contributed by atoms with Crippen molar-refractivity contribution in [3.63, 3.8) is 0 Å². The van der Waals surface area contributed by atoms with Gasteiger partial charge in [-0.15, -0.1) is 0 Å². The molecule has 0 fully saturated rings. The van der Waals surface area contributed by atoms with E-state index >= 15 is 0 Å². The van der Waals surface area contributed by atoms with Crippen LogP contribution in [-0.4, -0.2) is 10.5 Å². The van der Waals surface area contributed by atoms with Crippen LogP contribution in [0.25, 0.3) is 17.0 Å². The highest BCUT2D eigenvalue weighted by molar-refractivity contribution is 6.31. The van der Waals surface area contributed by atoms with Gasteiger partial charge >= 0.3 is 0 Å². The molecule has 0 atom stereocenters. The summed E-state index contributed by atoms with van der Waals surface area (Å²) in [5.74, 6) is -0.463. The average Bonchev–Trinajstić information content (AvgIpc) is 2.92. The van der Waals surface area contributed by atoms with Gasteiger partial charge in [-0.1, -0.05) is 35.9 Å². The molecule has 4 nitrogen and oxygen atoms in total. The third kappa shape index (κ3) is 3.42. The number of hydrogen-bond acceptors (Lipinski definition) is 2. The minimum Gasteiger partial charge on any atom is -0.350 e. The molecular weight excluding hydrogens is 334 g/mol. The van der Waals surface area contributed by atoms with Crippen LogP contribution in [0.4, 0.5) is 5.69 Å². The summed E-state index contributed by atoms with van der Waals surface area (Å²) in [7, 11) is 1.93. The van der Waals surface area contributed by atoms with Crippen LogP contribution in [0.1, 0.15) is 11.1 Å². The zero-order valence-electron chi connectivity index (χ0n) is 13.9.